The third-order valence-electron chi connectivity index (χ3n) is 3.93. The molecule has 1 aromatic heterocycles. The molecule has 106 valence electrons. The maximum absolute atomic E-state index is 5.26. The predicted octanol–water partition coefficient (Wildman–Crippen LogP) is 2.88. The largest absolute Gasteiger partial charge is 0.497 e. The van der Waals surface area contributed by atoms with Crippen LogP contribution in [0.25, 0.3) is 10.9 Å². The summed E-state index contributed by atoms with van der Waals surface area (Å²) in [5, 5.41) is 4.37. The lowest BCUT2D eigenvalue weighted by molar-refractivity contribution is 0.317. The number of benzene rings is 1. The summed E-state index contributed by atoms with van der Waals surface area (Å²) in [6.07, 6.45) is 2.65. The molecule has 1 aliphatic rings. The summed E-state index contributed by atoms with van der Waals surface area (Å²) >= 11 is 0. The van der Waals surface area contributed by atoms with Gasteiger partial charge in [0.2, 0.25) is 0 Å². The van der Waals surface area contributed by atoms with Crippen molar-refractivity contribution in [2.24, 2.45) is 0 Å². The molecule has 0 unspecified atom stereocenters. The van der Waals surface area contributed by atoms with E-state index in [0.29, 0.717) is 0 Å². The minimum Gasteiger partial charge on any atom is -0.497 e. The fourth-order valence-electron chi connectivity index (χ4n) is 2.57. The Hall–Kier alpha value is -1.81. The highest BCUT2D eigenvalue weighted by atomic mass is 16.5. The first-order chi connectivity index (χ1) is 9.71. The van der Waals surface area contributed by atoms with Gasteiger partial charge in [0.15, 0.2) is 0 Å². The summed E-state index contributed by atoms with van der Waals surface area (Å²) in [6.45, 7) is 0.940. The molecule has 0 saturated heterocycles. The minimum atomic E-state index is 0.756. The zero-order chi connectivity index (χ0) is 14.1. The van der Waals surface area contributed by atoms with E-state index in [2.05, 4.69) is 29.4 Å². The lowest BCUT2D eigenvalue weighted by Gasteiger charge is -2.18. The SMILES string of the molecule is CNc1nc2cc(OC)ccc2cc1CN(C)C1CC1. The summed E-state index contributed by atoms with van der Waals surface area (Å²) in [5.41, 5.74) is 2.21. The highest BCUT2D eigenvalue weighted by molar-refractivity contribution is 5.83. The number of rotatable bonds is 5. The third kappa shape index (κ3) is 2.56. The standard InChI is InChI=1S/C16H21N3O/c1-17-16-12(10-19(2)13-5-6-13)8-11-4-7-14(20-3)9-15(11)18-16/h4,7-9,13H,5-6,10H2,1-3H3,(H,17,18). The molecular formula is C16H21N3O. The van der Waals surface area contributed by atoms with Gasteiger partial charge >= 0.3 is 0 Å². The second-order valence-corrected chi connectivity index (χ2v) is 5.45. The van der Waals surface area contributed by atoms with Gasteiger partial charge in [0.1, 0.15) is 11.6 Å². The third-order valence-corrected chi connectivity index (χ3v) is 3.93. The molecule has 1 aromatic carbocycles. The van der Waals surface area contributed by atoms with Crippen LogP contribution in [0, 0.1) is 0 Å². The first-order valence-corrected chi connectivity index (χ1v) is 7.07. The van der Waals surface area contributed by atoms with Crippen LogP contribution in [0.15, 0.2) is 24.3 Å². The van der Waals surface area contributed by atoms with Crippen molar-refractivity contribution in [3.8, 4) is 5.75 Å². The van der Waals surface area contributed by atoms with Crippen molar-refractivity contribution in [1.29, 1.82) is 0 Å². The average molecular weight is 271 g/mol. The zero-order valence-corrected chi connectivity index (χ0v) is 12.3. The van der Waals surface area contributed by atoms with Gasteiger partial charge in [0.05, 0.1) is 12.6 Å². The van der Waals surface area contributed by atoms with Crippen molar-refractivity contribution in [3.05, 3.63) is 29.8 Å². The molecular weight excluding hydrogens is 250 g/mol. The minimum absolute atomic E-state index is 0.756. The Labute approximate surface area is 119 Å². The highest BCUT2D eigenvalue weighted by Crippen LogP contribution is 2.29. The molecule has 2 aromatic rings. The normalized spacial score (nSPS) is 14.8. The second kappa shape index (κ2) is 5.29. The summed E-state index contributed by atoms with van der Waals surface area (Å²) in [7, 11) is 5.80. The molecule has 0 bridgehead atoms. The van der Waals surface area contributed by atoms with Crippen molar-refractivity contribution >= 4 is 16.7 Å². The molecule has 1 fully saturated rings. The number of hydrogen-bond donors (Lipinski definition) is 1. The van der Waals surface area contributed by atoms with Crippen molar-refractivity contribution < 1.29 is 4.74 Å². The maximum atomic E-state index is 5.26. The van der Waals surface area contributed by atoms with Gasteiger partial charge in [-0.15, -0.1) is 0 Å². The van der Waals surface area contributed by atoms with Crippen molar-refractivity contribution in [2.75, 3.05) is 26.5 Å². The molecule has 1 saturated carbocycles. The molecule has 0 amide bonds. The number of ether oxygens (including phenoxy) is 1. The van der Waals surface area contributed by atoms with Crippen LogP contribution in [0.3, 0.4) is 0 Å². The Morgan fingerprint density at radius 1 is 1.35 bits per heavy atom. The van der Waals surface area contributed by atoms with Gasteiger partial charge in [-0.25, -0.2) is 4.98 Å². The van der Waals surface area contributed by atoms with E-state index >= 15 is 0 Å². The van der Waals surface area contributed by atoms with E-state index in [4.69, 9.17) is 9.72 Å². The van der Waals surface area contributed by atoms with E-state index in [0.717, 1.165) is 35.1 Å². The fourth-order valence-corrected chi connectivity index (χ4v) is 2.57. The molecule has 1 N–H and O–H groups in total. The van der Waals surface area contributed by atoms with Crippen LogP contribution in [0.2, 0.25) is 0 Å². The number of methoxy groups -OCH3 is 1. The number of nitrogens with zero attached hydrogens (tertiary/aromatic N) is 2. The Morgan fingerprint density at radius 2 is 2.15 bits per heavy atom. The van der Waals surface area contributed by atoms with Gasteiger partial charge in [0, 0.05) is 36.7 Å². The monoisotopic (exact) mass is 271 g/mol. The first kappa shape index (κ1) is 13.2. The van der Waals surface area contributed by atoms with Gasteiger partial charge in [-0.3, -0.25) is 4.90 Å². The number of hydrogen-bond acceptors (Lipinski definition) is 4. The summed E-state index contributed by atoms with van der Waals surface area (Å²) < 4.78 is 5.26. The summed E-state index contributed by atoms with van der Waals surface area (Å²) in [4.78, 5) is 7.13. The van der Waals surface area contributed by atoms with Gasteiger partial charge in [-0.1, -0.05) is 0 Å². The molecule has 1 heterocycles. The Kier molecular flexibility index (Phi) is 3.49. The Bertz CT molecular complexity index is 622. The number of aromatic nitrogens is 1. The molecule has 1 aliphatic carbocycles. The van der Waals surface area contributed by atoms with Crippen LogP contribution in [-0.2, 0) is 6.54 Å². The number of fused-ring (bicyclic) bond motifs is 1. The van der Waals surface area contributed by atoms with E-state index in [-0.39, 0.29) is 0 Å². The maximum Gasteiger partial charge on any atom is 0.130 e. The lowest BCUT2D eigenvalue weighted by atomic mass is 10.1. The van der Waals surface area contributed by atoms with Crippen LogP contribution in [0.1, 0.15) is 18.4 Å². The van der Waals surface area contributed by atoms with Crippen LogP contribution in [0.5, 0.6) is 5.75 Å². The van der Waals surface area contributed by atoms with Crippen molar-refractivity contribution in [3.63, 3.8) is 0 Å². The zero-order valence-electron chi connectivity index (χ0n) is 12.3. The highest BCUT2D eigenvalue weighted by Gasteiger charge is 2.26. The van der Waals surface area contributed by atoms with Crippen molar-refractivity contribution in [1.82, 2.24) is 9.88 Å². The van der Waals surface area contributed by atoms with Gasteiger partial charge in [-0.05, 0) is 38.1 Å². The van der Waals surface area contributed by atoms with Gasteiger partial charge in [0.25, 0.3) is 0 Å². The number of pyridine rings is 1. The molecule has 20 heavy (non-hydrogen) atoms. The summed E-state index contributed by atoms with van der Waals surface area (Å²) in [5.74, 6) is 1.80. The molecule has 0 aliphatic heterocycles. The predicted molar refractivity (Wildman–Crippen MR) is 82.3 cm³/mol. The lowest BCUT2D eigenvalue weighted by Crippen LogP contribution is -2.20. The number of nitrogens with one attached hydrogen (secondary N) is 1. The van der Waals surface area contributed by atoms with E-state index in [1.807, 2.05) is 19.2 Å². The molecule has 4 heteroatoms. The van der Waals surface area contributed by atoms with Crippen LogP contribution in [-0.4, -0.2) is 37.1 Å². The average Bonchev–Trinajstić information content (AvgIpc) is 3.30. The molecule has 4 nitrogen and oxygen atoms in total. The van der Waals surface area contributed by atoms with Crippen LogP contribution in [0.4, 0.5) is 5.82 Å². The Balaban J connectivity index is 1.97. The van der Waals surface area contributed by atoms with E-state index in [1.54, 1.807) is 7.11 Å². The quantitative estimate of drug-likeness (QED) is 0.907. The molecule has 3 rings (SSSR count). The van der Waals surface area contributed by atoms with Gasteiger partial charge < -0.3 is 10.1 Å². The second-order valence-electron chi connectivity index (χ2n) is 5.45. The molecule has 0 radical (unpaired) electrons. The van der Waals surface area contributed by atoms with Crippen molar-refractivity contribution in [2.45, 2.75) is 25.4 Å². The first-order valence-electron chi connectivity index (χ1n) is 7.07. The van der Waals surface area contributed by atoms with E-state index in [1.165, 1.54) is 18.4 Å². The van der Waals surface area contributed by atoms with Crippen LogP contribution >= 0.6 is 0 Å². The van der Waals surface area contributed by atoms with Gasteiger partial charge in [-0.2, -0.15) is 0 Å². The van der Waals surface area contributed by atoms with Crippen LogP contribution < -0.4 is 10.1 Å². The summed E-state index contributed by atoms with van der Waals surface area (Å²) in [6, 6.07) is 9.02. The molecule has 0 spiro atoms. The number of anilines is 1. The smallest absolute Gasteiger partial charge is 0.130 e. The molecule has 0 atom stereocenters. The van der Waals surface area contributed by atoms with E-state index in [9.17, 15) is 0 Å². The van der Waals surface area contributed by atoms with E-state index < -0.39 is 0 Å². The Morgan fingerprint density at radius 3 is 2.80 bits per heavy atom. The topological polar surface area (TPSA) is 37.4 Å². The fraction of sp³-hybridized carbons (Fsp3) is 0.438.